The number of hydrogen-bond donors (Lipinski definition) is 0. The molecule has 23 heavy (non-hydrogen) atoms. The normalized spacial score (nSPS) is 16.0. The van der Waals surface area contributed by atoms with Crippen molar-refractivity contribution in [2.24, 2.45) is 0 Å². The Morgan fingerprint density at radius 3 is 2.57 bits per heavy atom. The van der Waals surface area contributed by atoms with Gasteiger partial charge in [0.1, 0.15) is 0 Å². The van der Waals surface area contributed by atoms with Crippen LogP contribution in [0, 0.1) is 0 Å². The fourth-order valence-electron chi connectivity index (χ4n) is 2.77. The van der Waals surface area contributed by atoms with Crippen LogP contribution in [0.15, 0.2) is 54.9 Å². The molecule has 1 aromatic heterocycles. The number of rotatable bonds is 3. The molecule has 1 saturated heterocycles. The molecule has 1 fully saturated rings. The van der Waals surface area contributed by atoms with Crippen LogP contribution in [0.5, 0.6) is 0 Å². The zero-order valence-corrected chi connectivity index (χ0v) is 13.3. The highest BCUT2D eigenvalue weighted by molar-refractivity contribution is 5.92. The third-order valence-corrected chi connectivity index (χ3v) is 4.08. The first-order valence-electron chi connectivity index (χ1n) is 7.88. The summed E-state index contributed by atoms with van der Waals surface area (Å²) in [6, 6.07) is 13.6. The fraction of sp³-hybridized carbons (Fsp3) is 0.333. The van der Waals surface area contributed by atoms with Crippen molar-refractivity contribution in [2.75, 3.05) is 31.2 Å². The molecule has 2 aromatic rings. The summed E-state index contributed by atoms with van der Waals surface area (Å²) < 4.78 is 5.36. The van der Waals surface area contributed by atoms with Crippen LogP contribution in [0.4, 0.5) is 10.5 Å². The Morgan fingerprint density at radius 1 is 1.17 bits per heavy atom. The molecule has 1 unspecified atom stereocenters. The summed E-state index contributed by atoms with van der Waals surface area (Å²) in [4.78, 5) is 21.0. The number of para-hydroxylation sites is 1. The lowest BCUT2D eigenvalue weighted by atomic mass is 10.1. The summed E-state index contributed by atoms with van der Waals surface area (Å²) in [5.41, 5.74) is 1.90. The van der Waals surface area contributed by atoms with E-state index in [1.165, 1.54) is 0 Å². The number of pyridine rings is 1. The van der Waals surface area contributed by atoms with Gasteiger partial charge in [0, 0.05) is 31.2 Å². The van der Waals surface area contributed by atoms with Crippen molar-refractivity contribution in [1.82, 2.24) is 9.88 Å². The van der Waals surface area contributed by atoms with Crippen LogP contribution in [0.1, 0.15) is 18.5 Å². The van der Waals surface area contributed by atoms with Crippen molar-refractivity contribution in [3.05, 3.63) is 60.4 Å². The molecule has 120 valence electrons. The molecule has 3 rings (SSSR count). The Morgan fingerprint density at radius 2 is 1.91 bits per heavy atom. The largest absolute Gasteiger partial charge is 0.378 e. The van der Waals surface area contributed by atoms with Gasteiger partial charge in [0.2, 0.25) is 0 Å². The number of aromatic nitrogens is 1. The molecule has 1 aliphatic rings. The monoisotopic (exact) mass is 311 g/mol. The summed E-state index contributed by atoms with van der Waals surface area (Å²) in [6.07, 6.45) is 3.56. The molecule has 2 amide bonds. The van der Waals surface area contributed by atoms with Crippen LogP contribution in [-0.2, 0) is 4.74 Å². The van der Waals surface area contributed by atoms with Gasteiger partial charge in [0.25, 0.3) is 0 Å². The average molecular weight is 311 g/mol. The van der Waals surface area contributed by atoms with Crippen LogP contribution < -0.4 is 4.90 Å². The molecule has 5 nitrogen and oxygen atoms in total. The van der Waals surface area contributed by atoms with E-state index in [0.29, 0.717) is 26.3 Å². The number of benzene rings is 1. The van der Waals surface area contributed by atoms with Gasteiger partial charge in [0.05, 0.1) is 19.3 Å². The summed E-state index contributed by atoms with van der Waals surface area (Å²) >= 11 is 0. The molecule has 2 heterocycles. The van der Waals surface area contributed by atoms with Gasteiger partial charge in [-0.05, 0) is 30.7 Å². The SMILES string of the molecule is CC(c1cccnc1)N(C(=O)N1CCOCC1)c1ccccc1. The molecule has 0 saturated carbocycles. The molecule has 1 aromatic carbocycles. The number of urea groups is 1. The standard InChI is InChI=1S/C18H21N3O2/c1-15(16-6-5-9-19-14-16)21(17-7-3-2-4-8-17)18(22)20-10-12-23-13-11-20/h2-9,14-15H,10-13H2,1H3. The summed E-state index contributed by atoms with van der Waals surface area (Å²) in [6.45, 7) is 4.47. The van der Waals surface area contributed by atoms with Gasteiger partial charge >= 0.3 is 6.03 Å². The molecule has 0 radical (unpaired) electrons. The van der Waals surface area contributed by atoms with E-state index in [1.54, 1.807) is 6.20 Å². The lowest BCUT2D eigenvalue weighted by Gasteiger charge is -2.36. The minimum Gasteiger partial charge on any atom is -0.378 e. The van der Waals surface area contributed by atoms with Gasteiger partial charge in [-0.25, -0.2) is 4.79 Å². The van der Waals surface area contributed by atoms with Gasteiger partial charge in [-0.2, -0.15) is 0 Å². The van der Waals surface area contributed by atoms with Crippen LogP contribution in [-0.4, -0.2) is 42.2 Å². The number of carbonyl (C=O) groups excluding carboxylic acids is 1. The molecule has 0 aliphatic carbocycles. The van der Waals surface area contributed by atoms with Crippen LogP contribution in [0.3, 0.4) is 0 Å². The quantitative estimate of drug-likeness (QED) is 0.875. The number of anilines is 1. The van der Waals surface area contributed by atoms with E-state index in [4.69, 9.17) is 4.74 Å². The highest BCUT2D eigenvalue weighted by Crippen LogP contribution is 2.28. The van der Waals surface area contributed by atoms with Crippen LogP contribution >= 0.6 is 0 Å². The molecule has 0 bridgehead atoms. The second-order valence-corrected chi connectivity index (χ2v) is 5.55. The van der Waals surface area contributed by atoms with Crippen LogP contribution in [0.2, 0.25) is 0 Å². The Balaban J connectivity index is 1.92. The van der Waals surface area contributed by atoms with E-state index < -0.39 is 0 Å². The molecule has 0 spiro atoms. The minimum absolute atomic E-state index is 0.0100. The summed E-state index contributed by atoms with van der Waals surface area (Å²) in [5, 5.41) is 0. The Kier molecular flexibility index (Phi) is 4.88. The number of amides is 2. The van der Waals surface area contributed by atoms with Crippen molar-refractivity contribution in [3.63, 3.8) is 0 Å². The number of morpholine rings is 1. The Hall–Kier alpha value is -2.40. The third-order valence-electron chi connectivity index (χ3n) is 4.08. The zero-order chi connectivity index (χ0) is 16.1. The van der Waals surface area contributed by atoms with E-state index in [9.17, 15) is 4.79 Å². The zero-order valence-electron chi connectivity index (χ0n) is 13.3. The highest BCUT2D eigenvalue weighted by atomic mass is 16.5. The first-order chi connectivity index (χ1) is 11.3. The average Bonchev–Trinajstić information content (AvgIpc) is 2.64. The third kappa shape index (κ3) is 3.51. The molecule has 0 N–H and O–H groups in total. The molecular formula is C18H21N3O2. The van der Waals surface area contributed by atoms with E-state index in [1.807, 2.05) is 65.4 Å². The second kappa shape index (κ2) is 7.24. The van der Waals surface area contributed by atoms with Crippen molar-refractivity contribution in [1.29, 1.82) is 0 Å². The lowest BCUT2D eigenvalue weighted by molar-refractivity contribution is 0.0545. The van der Waals surface area contributed by atoms with E-state index in [2.05, 4.69) is 4.98 Å². The van der Waals surface area contributed by atoms with Gasteiger partial charge in [-0.3, -0.25) is 9.88 Å². The predicted octanol–water partition coefficient (Wildman–Crippen LogP) is 3.10. The van der Waals surface area contributed by atoms with E-state index in [-0.39, 0.29) is 12.1 Å². The molecule has 5 heteroatoms. The fourth-order valence-corrected chi connectivity index (χ4v) is 2.77. The first-order valence-corrected chi connectivity index (χ1v) is 7.88. The molecular weight excluding hydrogens is 290 g/mol. The maximum absolute atomic E-state index is 13.1. The summed E-state index contributed by atoms with van der Waals surface area (Å²) in [7, 11) is 0. The lowest BCUT2D eigenvalue weighted by Crippen LogP contribution is -2.49. The van der Waals surface area contributed by atoms with E-state index in [0.717, 1.165) is 11.3 Å². The van der Waals surface area contributed by atoms with Crippen molar-refractivity contribution in [2.45, 2.75) is 13.0 Å². The summed E-state index contributed by atoms with van der Waals surface area (Å²) in [5.74, 6) is 0. The molecule has 1 atom stereocenters. The second-order valence-electron chi connectivity index (χ2n) is 5.55. The van der Waals surface area contributed by atoms with Gasteiger partial charge < -0.3 is 9.64 Å². The predicted molar refractivity (Wildman–Crippen MR) is 89.4 cm³/mol. The van der Waals surface area contributed by atoms with Crippen molar-refractivity contribution in [3.8, 4) is 0 Å². The van der Waals surface area contributed by atoms with Crippen molar-refractivity contribution >= 4 is 11.7 Å². The maximum atomic E-state index is 13.1. The topological polar surface area (TPSA) is 45.7 Å². The Bertz CT molecular complexity index is 627. The molecule has 1 aliphatic heterocycles. The smallest absolute Gasteiger partial charge is 0.325 e. The van der Waals surface area contributed by atoms with Gasteiger partial charge in [-0.1, -0.05) is 24.3 Å². The minimum atomic E-state index is -0.0959. The van der Waals surface area contributed by atoms with E-state index >= 15 is 0 Å². The number of nitrogens with zero attached hydrogens (tertiary/aromatic N) is 3. The Labute approximate surface area is 136 Å². The van der Waals surface area contributed by atoms with Gasteiger partial charge in [0.15, 0.2) is 0 Å². The highest BCUT2D eigenvalue weighted by Gasteiger charge is 2.28. The number of carbonyl (C=O) groups is 1. The number of hydrogen-bond acceptors (Lipinski definition) is 3. The maximum Gasteiger partial charge on any atom is 0.325 e. The van der Waals surface area contributed by atoms with Crippen molar-refractivity contribution < 1.29 is 9.53 Å². The van der Waals surface area contributed by atoms with Gasteiger partial charge in [-0.15, -0.1) is 0 Å². The first kappa shape index (κ1) is 15.5. The number of ether oxygens (including phenoxy) is 1. The van der Waals surface area contributed by atoms with Crippen LogP contribution in [0.25, 0.3) is 0 Å².